The number of rotatable bonds is 6. The third-order valence-electron chi connectivity index (χ3n) is 4.15. The van der Waals surface area contributed by atoms with Gasteiger partial charge in [0, 0.05) is 12.6 Å². The Balaban J connectivity index is 1.69. The van der Waals surface area contributed by atoms with Crippen molar-refractivity contribution >= 4 is 0 Å². The Kier molecular flexibility index (Phi) is 5.67. The highest BCUT2D eigenvalue weighted by Crippen LogP contribution is 2.23. The summed E-state index contributed by atoms with van der Waals surface area (Å²) in [7, 11) is 3.79. The molecule has 1 fully saturated rings. The number of benzene rings is 1. The van der Waals surface area contributed by atoms with Gasteiger partial charge in [-0.3, -0.25) is 0 Å². The van der Waals surface area contributed by atoms with E-state index in [-0.39, 0.29) is 0 Å². The number of ether oxygens (including phenoxy) is 1. The van der Waals surface area contributed by atoms with E-state index in [1.165, 1.54) is 31.2 Å². The molecule has 3 nitrogen and oxygen atoms in total. The summed E-state index contributed by atoms with van der Waals surface area (Å²) in [6.45, 7) is 2.07. The van der Waals surface area contributed by atoms with E-state index < -0.39 is 0 Å². The monoisotopic (exact) mass is 262 g/mol. The van der Waals surface area contributed by atoms with E-state index in [0.717, 1.165) is 30.8 Å². The highest BCUT2D eigenvalue weighted by molar-refractivity contribution is 5.28. The van der Waals surface area contributed by atoms with Crippen LogP contribution in [0.5, 0.6) is 5.75 Å². The van der Waals surface area contributed by atoms with E-state index in [1.54, 1.807) is 7.11 Å². The van der Waals surface area contributed by atoms with Crippen LogP contribution in [0.3, 0.4) is 0 Å². The van der Waals surface area contributed by atoms with Crippen LogP contribution >= 0.6 is 0 Å². The van der Waals surface area contributed by atoms with Gasteiger partial charge in [0.15, 0.2) is 0 Å². The standard InChI is InChI=1S/C16H26N2O/c1-17-15-8-6-13(7-9-15)11-18-12-14-4-3-5-16(10-14)19-2/h3-5,10,13,15,17-18H,6-9,11-12H2,1-2H3. The van der Waals surface area contributed by atoms with Crippen molar-refractivity contribution < 1.29 is 4.74 Å². The zero-order valence-corrected chi connectivity index (χ0v) is 12.1. The Labute approximate surface area is 116 Å². The fourth-order valence-corrected chi connectivity index (χ4v) is 2.86. The molecule has 1 saturated carbocycles. The van der Waals surface area contributed by atoms with Gasteiger partial charge in [-0.2, -0.15) is 0 Å². The lowest BCUT2D eigenvalue weighted by Gasteiger charge is -2.28. The summed E-state index contributed by atoms with van der Waals surface area (Å²) in [6.07, 6.45) is 5.33. The molecule has 0 amide bonds. The van der Waals surface area contributed by atoms with Crippen molar-refractivity contribution in [3.05, 3.63) is 29.8 Å². The van der Waals surface area contributed by atoms with Crippen LogP contribution in [0.25, 0.3) is 0 Å². The van der Waals surface area contributed by atoms with Crippen molar-refractivity contribution in [2.75, 3.05) is 20.7 Å². The van der Waals surface area contributed by atoms with Crippen LogP contribution in [0.15, 0.2) is 24.3 Å². The molecular weight excluding hydrogens is 236 g/mol. The van der Waals surface area contributed by atoms with E-state index >= 15 is 0 Å². The van der Waals surface area contributed by atoms with Crippen molar-refractivity contribution in [3.8, 4) is 5.75 Å². The highest BCUT2D eigenvalue weighted by Gasteiger charge is 2.19. The lowest BCUT2D eigenvalue weighted by molar-refractivity contribution is 0.292. The van der Waals surface area contributed by atoms with Crippen LogP contribution in [0.2, 0.25) is 0 Å². The van der Waals surface area contributed by atoms with Gasteiger partial charge in [0.25, 0.3) is 0 Å². The third-order valence-corrected chi connectivity index (χ3v) is 4.15. The molecule has 0 bridgehead atoms. The number of hydrogen-bond donors (Lipinski definition) is 2. The van der Waals surface area contributed by atoms with Gasteiger partial charge in [0.05, 0.1) is 7.11 Å². The molecular formula is C16H26N2O. The van der Waals surface area contributed by atoms with Gasteiger partial charge in [0.1, 0.15) is 5.75 Å². The molecule has 1 aromatic carbocycles. The Hall–Kier alpha value is -1.06. The summed E-state index contributed by atoms with van der Waals surface area (Å²) < 4.78 is 5.24. The summed E-state index contributed by atoms with van der Waals surface area (Å²) in [5, 5.41) is 6.96. The second kappa shape index (κ2) is 7.51. The summed E-state index contributed by atoms with van der Waals surface area (Å²) in [6, 6.07) is 9.03. The Morgan fingerprint density at radius 2 is 2.00 bits per heavy atom. The first-order valence-corrected chi connectivity index (χ1v) is 7.32. The molecule has 106 valence electrons. The minimum absolute atomic E-state index is 0.745. The molecule has 0 atom stereocenters. The molecule has 0 radical (unpaired) electrons. The Morgan fingerprint density at radius 1 is 1.21 bits per heavy atom. The maximum absolute atomic E-state index is 5.24. The molecule has 3 heteroatoms. The van der Waals surface area contributed by atoms with Gasteiger partial charge < -0.3 is 15.4 Å². The first kappa shape index (κ1) is 14.4. The summed E-state index contributed by atoms with van der Waals surface area (Å²) in [4.78, 5) is 0. The van der Waals surface area contributed by atoms with Gasteiger partial charge in [-0.1, -0.05) is 12.1 Å². The normalized spacial score (nSPS) is 23.3. The molecule has 2 rings (SSSR count). The van der Waals surface area contributed by atoms with Crippen LogP contribution in [0, 0.1) is 5.92 Å². The van der Waals surface area contributed by atoms with Crippen molar-refractivity contribution in [2.24, 2.45) is 5.92 Å². The molecule has 0 aliphatic heterocycles. The summed E-state index contributed by atoms with van der Waals surface area (Å²) in [5.41, 5.74) is 1.29. The van der Waals surface area contributed by atoms with E-state index in [2.05, 4.69) is 29.8 Å². The molecule has 0 spiro atoms. The van der Waals surface area contributed by atoms with Crippen molar-refractivity contribution in [2.45, 2.75) is 38.3 Å². The average molecular weight is 262 g/mol. The van der Waals surface area contributed by atoms with Crippen LogP contribution in [0.1, 0.15) is 31.2 Å². The quantitative estimate of drug-likeness (QED) is 0.826. The molecule has 1 aromatic rings. The number of methoxy groups -OCH3 is 1. The SMILES string of the molecule is CNC1CCC(CNCc2cccc(OC)c2)CC1. The van der Waals surface area contributed by atoms with E-state index in [4.69, 9.17) is 4.74 Å². The molecule has 0 unspecified atom stereocenters. The van der Waals surface area contributed by atoms with Gasteiger partial charge in [0.2, 0.25) is 0 Å². The third kappa shape index (κ3) is 4.51. The van der Waals surface area contributed by atoms with Gasteiger partial charge in [-0.05, 0) is 62.9 Å². The van der Waals surface area contributed by atoms with E-state index in [9.17, 15) is 0 Å². The fraction of sp³-hybridized carbons (Fsp3) is 0.625. The van der Waals surface area contributed by atoms with Crippen molar-refractivity contribution in [3.63, 3.8) is 0 Å². The summed E-state index contributed by atoms with van der Waals surface area (Å²) >= 11 is 0. The molecule has 2 N–H and O–H groups in total. The van der Waals surface area contributed by atoms with Crippen LogP contribution < -0.4 is 15.4 Å². The predicted octanol–water partition coefficient (Wildman–Crippen LogP) is 2.56. The van der Waals surface area contributed by atoms with E-state index in [0.29, 0.717) is 0 Å². The minimum Gasteiger partial charge on any atom is -0.497 e. The molecule has 19 heavy (non-hydrogen) atoms. The zero-order chi connectivity index (χ0) is 13.5. The molecule has 0 saturated heterocycles. The molecule has 0 heterocycles. The molecule has 1 aliphatic rings. The maximum atomic E-state index is 5.24. The van der Waals surface area contributed by atoms with Crippen LogP contribution in [0.4, 0.5) is 0 Å². The lowest BCUT2D eigenvalue weighted by atomic mass is 9.86. The van der Waals surface area contributed by atoms with Crippen LogP contribution in [-0.4, -0.2) is 26.7 Å². The average Bonchev–Trinajstić information content (AvgIpc) is 2.48. The molecule has 0 aromatic heterocycles. The van der Waals surface area contributed by atoms with Crippen molar-refractivity contribution in [1.29, 1.82) is 0 Å². The predicted molar refractivity (Wildman–Crippen MR) is 79.5 cm³/mol. The topological polar surface area (TPSA) is 33.3 Å². The number of hydrogen-bond acceptors (Lipinski definition) is 3. The van der Waals surface area contributed by atoms with Gasteiger partial charge in [-0.15, -0.1) is 0 Å². The Bertz CT molecular complexity index is 373. The number of nitrogens with one attached hydrogen (secondary N) is 2. The smallest absolute Gasteiger partial charge is 0.119 e. The summed E-state index contributed by atoms with van der Waals surface area (Å²) in [5.74, 6) is 1.78. The van der Waals surface area contributed by atoms with Gasteiger partial charge in [-0.25, -0.2) is 0 Å². The zero-order valence-electron chi connectivity index (χ0n) is 12.1. The highest BCUT2D eigenvalue weighted by atomic mass is 16.5. The second-order valence-corrected chi connectivity index (χ2v) is 5.49. The second-order valence-electron chi connectivity index (χ2n) is 5.49. The lowest BCUT2D eigenvalue weighted by Crippen LogP contribution is -2.33. The van der Waals surface area contributed by atoms with Gasteiger partial charge >= 0.3 is 0 Å². The first-order chi connectivity index (χ1) is 9.31. The van der Waals surface area contributed by atoms with E-state index in [1.807, 2.05) is 12.1 Å². The van der Waals surface area contributed by atoms with Crippen molar-refractivity contribution in [1.82, 2.24) is 10.6 Å². The van der Waals surface area contributed by atoms with Crippen LogP contribution in [-0.2, 0) is 6.54 Å². The Morgan fingerprint density at radius 3 is 2.68 bits per heavy atom. The largest absolute Gasteiger partial charge is 0.497 e. The maximum Gasteiger partial charge on any atom is 0.119 e. The fourth-order valence-electron chi connectivity index (χ4n) is 2.86. The first-order valence-electron chi connectivity index (χ1n) is 7.32. The molecule has 1 aliphatic carbocycles. The minimum atomic E-state index is 0.745.